The Kier molecular flexibility index (Phi) is 6.96. The molecule has 1 N–H and O–H groups in total. The Hall–Kier alpha value is -0.460. The molecule has 0 aliphatic rings. The van der Waals surface area contributed by atoms with E-state index in [9.17, 15) is 8.42 Å². The van der Waals surface area contributed by atoms with Gasteiger partial charge in [-0.05, 0) is 53.9 Å². The molecule has 0 aliphatic carbocycles. The van der Waals surface area contributed by atoms with Gasteiger partial charge in [-0.25, -0.2) is 8.42 Å². The molecule has 0 spiro atoms. The first-order valence-electron chi connectivity index (χ1n) is 6.45. The van der Waals surface area contributed by atoms with Gasteiger partial charge in [0.1, 0.15) is 9.84 Å². The summed E-state index contributed by atoms with van der Waals surface area (Å²) in [5.74, 6) is 0.224. The second kappa shape index (κ2) is 7.97. The Labute approximate surface area is 124 Å². The fraction of sp³-hybridized carbons (Fsp3) is 0.615. The number of pyridine rings is 1. The number of nitrogens with zero attached hydrogens (tertiary/aromatic N) is 1. The minimum absolute atomic E-state index is 0.0947. The van der Waals surface area contributed by atoms with Crippen LogP contribution in [-0.2, 0) is 9.84 Å². The number of hydrogen-bond donors (Lipinski definition) is 1. The van der Waals surface area contributed by atoms with E-state index < -0.39 is 9.84 Å². The van der Waals surface area contributed by atoms with E-state index in [0.717, 1.165) is 29.6 Å². The summed E-state index contributed by atoms with van der Waals surface area (Å²) in [6, 6.07) is 3.93. The largest absolute Gasteiger partial charge is 0.309 e. The van der Waals surface area contributed by atoms with E-state index >= 15 is 0 Å². The maximum Gasteiger partial charge on any atom is 0.147 e. The van der Waals surface area contributed by atoms with Crippen molar-refractivity contribution in [1.29, 1.82) is 0 Å². The Balaban J connectivity index is 2.69. The van der Waals surface area contributed by atoms with Crippen LogP contribution in [0.3, 0.4) is 0 Å². The van der Waals surface area contributed by atoms with Gasteiger partial charge in [-0.2, -0.15) is 0 Å². The van der Waals surface area contributed by atoms with Gasteiger partial charge in [-0.15, -0.1) is 0 Å². The lowest BCUT2D eigenvalue weighted by Gasteiger charge is -2.19. The maximum atomic E-state index is 11.2. The van der Waals surface area contributed by atoms with Gasteiger partial charge in [0, 0.05) is 22.7 Å². The SMILES string of the molecule is CCCNC(CCCS(C)(=O)=O)c1ncccc1Br. The zero-order valence-electron chi connectivity index (χ0n) is 11.4. The molecule has 0 radical (unpaired) electrons. The highest BCUT2D eigenvalue weighted by Crippen LogP contribution is 2.24. The van der Waals surface area contributed by atoms with Crippen LogP contribution >= 0.6 is 15.9 Å². The summed E-state index contributed by atoms with van der Waals surface area (Å²) in [6.45, 7) is 3.00. The fourth-order valence-corrected chi connectivity index (χ4v) is 3.08. The molecule has 1 heterocycles. The third-order valence-electron chi connectivity index (χ3n) is 2.77. The molecular formula is C13H21BrN2O2S. The first-order valence-corrected chi connectivity index (χ1v) is 9.31. The van der Waals surface area contributed by atoms with Gasteiger partial charge in [0.2, 0.25) is 0 Å². The van der Waals surface area contributed by atoms with Gasteiger partial charge in [-0.1, -0.05) is 6.92 Å². The fourth-order valence-electron chi connectivity index (χ4n) is 1.86. The molecule has 1 aromatic heterocycles. The molecule has 0 saturated carbocycles. The predicted octanol–water partition coefficient (Wildman–Crippen LogP) is 2.71. The van der Waals surface area contributed by atoms with Crippen LogP contribution in [0.5, 0.6) is 0 Å². The number of sulfone groups is 1. The number of rotatable bonds is 8. The van der Waals surface area contributed by atoms with Gasteiger partial charge in [0.25, 0.3) is 0 Å². The summed E-state index contributed by atoms with van der Waals surface area (Å²) in [5, 5.41) is 3.43. The Morgan fingerprint density at radius 1 is 1.47 bits per heavy atom. The van der Waals surface area contributed by atoms with Crippen LogP contribution in [0.1, 0.15) is 37.9 Å². The molecule has 6 heteroatoms. The van der Waals surface area contributed by atoms with Crippen molar-refractivity contribution in [2.75, 3.05) is 18.6 Å². The van der Waals surface area contributed by atoms with E-state index in [1.807, 2.05) is 12.1 Å². The average molecular weight is 349 g/mol. The first-order chi connectivity index (χ1) is 8.94. The van der Waals surface area contributed by atoms with Crippen molar-refractivity contribution in [2.24, 2.45) is 0 Å². The number of halogens is 1. The van der Waals surface area contributed by atoms with Gasteiger partial charge in [-0.3, -0.25) is 4.98 Å². The van der Waals surface area contributed by atoms with Gasteiger partial charge in [0.15, 0.2) is 0 Å². The molecule has 0 fully saturated rings. The monoisotopic (exact) mass is 348 g/mol. The minimum Gasteiger partial charge on any atom is -0.309 e. The smallest absolute Gasteiger partial charge is 0.147 e. The molecule has 0 amide bonds. The first kappa shape index (κ1) is 16.6. The molecule has 108 valence electrons. The molecule has 0 saturated heterocycles. The van der Waals surface area contributed by atoms with Crippen molar-refractivity contribution in [3.8, 4) is 0 Å². The normalized spacial score (nSPS) is 13.4. The summed E-state index contributed by atoms with van der Waals surface area (Å²) in [7, 11) is -2.89. The van der Waals surface area contributed by atoms with Crippen molar-refractivity contribution in [3.63, 3.8) is 0 Å². The standard InChI is InChI=1S/C13H21BrN2O2S/c1-3-8-15-12(7-5-10-19(2,17)18)13-11(14)6-4-9-16-13/h4,6,9,12,15H,3,5,7-8,10H2,1-2H3. The quantitative estimate of drug-likeness (QED) is 0.784. The molecule has 0 aromatic carbocycles. The molecule has 1 unspecified atom stereocenters. The van der Waals surface area contributed by atoms with Gasteiger partial charge < -0.3 is 5.32 Å². The van der Waals surface area contributed by atoms with E-state index in [0.29, 0.717) is 6.42 Å². The van der Waals surface area contributed by atoms with Crippen molar-refractivity contribution in [3.05, 3.63) is 28.5 Å². The van der Waals surface area contributed by atoms with E-state index in [2.05, 4.69) is 33.2 Å². The minimum atomic E-state index is -2.89. The van der Waals surface area contributed by atoms with Crippen molar-refractivity contribution < 1.29 is 8.42 Å². The Morgan fingerprint density at radius 2 is 2.21 bits per heavy atom. The lowest BCUT2D eigenvalue weighted by atomic mass is 10.1. The molecular weight excluding hydrogens is 328 g/mol. The molecule has 1 aromatic rings. The van der Waals surface area contributed by atoms with Crippen molar-refractivity contribution in [2.45, 2.75) is 32.2 Å². The van der Waals surface area contributed by atoms with E-state index in [1.165, 1.54) is 6.26 Å². The van der Waals surface area contributed by atoms with E-state index in [1.54, 1.807) is 6.20 Å². The molecule has 4 nitrogen and oxygen atoms in total. The van der Waals surface area contributed by atoms with Crippen LogP contribution in [0.4, 0.5) is 0 Å². The maximum absolute atomic E-state index is 11.2. The average Bonchev–Trinajstić information content (AvgIpc) is 2.33. The second-order valence-electron chi connectivity index (χ2n) is 4.65. The summed E-state index contributed by atoms with van der Waals surface area (Å²) >= 11 is 3.50. The molecule has 1 rings (SSSR count). The second-order valence-corrected chi connectivity index (χ2v) is 7.76. The highest BCUT2D eigenvalue weighted by molar-refractivity contribution is 9.10. The molecule has 19 heavy (non-hydrogen) atoms. The highest BCUT2D eigenvalue weighted by atomic mass is 79.9. The number of hydrogen-bond acceptors (Lipinski definition) is 4. The van der Waals surface area contributed by atoms with Gasteiger partial charge >= 0.3 is 0 Å². The lowest BCUT2D eigenvalue weighted by molar-refractivity contribution is 0.481. The van der Waals surface area contributed by atoms with Crippen LogP contribution in [0.25, 0.3) is 0 Å². The van der Waals surface area contributed by atoms with Crippen LogP contribution in [0.15, 0.2) is 22.8 Å². The number of aromatic nitrogens is 1. The topological polar surface area (TPSA) is 59.1 Å². The zero-order chi connectivity index (χ0) is 14.3. The molecule has 1 atom stereocenters. The summed E-state index contributed by atoms with van der Waals surface area (Å²) in [4.78, 5) is 4.39. The van der Waals surface area contributed by atoms with Crippen molar-refractivity contribution >= 4 is 25.8 Å². The lowest BCUT2D eigenvalue weighted by Crippen LogP contribution is -2.24. The highest BCUT2D eigenvalue weighted by Gasteiger charge is 2.15. The van der Waals surface area contributed by atoms with Gasteiger partial charge in [0.05, 0.1) is 11.7 Å². The summed E-state index contributed by atoms with van der Waals surface area (Å²) < 4.78 is 23.3. The van der Waals surface area contributed by atoms with Crippen molar-refractivity contribution in [1.82, 2.24) is 10.3 Å². The molecule has 0 bridgehead atoms. The third kappa shape index (κ3) is 6.49. The zero-order valence-corrected chi connectivity index (χ0v) is 13.8. The van der Waals surface area contributed by atoms with Crippen LogP contribution < -0.4 is 5.32 Å². The molecule has 0 aliphatic heterocycles. The Morgan fingerprint density at radius 3 is 2.79 bits per heavy atom. The van der Waals surface area contributed by atoms with Crippen LogP contribution in [-0.4, -0.2) is 32.0 Å². The van der Waals surface area contributed by atoms with E-state index in [4.69, 9.17) is 0 Å². The Bertz CT molecular complexity index is 491. The summed E-state index contributed by atoms with van der Waals surface area (Å²) in [5.41, 5.74) is 0.949. The third-order valence-corrected chi connectivity index (χ3v) is 4.47. The van der Waals surface area contributed by atoms with Crippen LogP contribution in [0, 0.1) is 0 Å². The van der Waals surface area contributed by atoms with E-state index in [-0.39, 0.29) is 11.8 Å². The summed E-state index contributed by atoms with van der Waals surface area (Å²) in [6.07, 6.45) is 5.48. The number of nitrogens with one attached hydrogen (secondary N) is 1. The predicted molar refractivity (Wildman–Crippen MR) is 81.9 cm³/mol. The van der Waals surface area contributed by atoms with Crippen LogP contribution in [0.2, 0.25) is 0 Å².